The summed E-state index contributed by atoms with van der Waals surface area (Å²) in [5.41, 5.74) is 1.52. The summed E-state index contributed by atoms with van der Waals surface area (Å²) in [6.07, 6.45) is 2.92. The van der Waals surface area contributed by atoms with E-state index in [2.05, 4.69) is 5.32 Å². The van der Waals surface area contributed by atoms with Gasteiger partial charge in [-0.2, -0.15) is 0 Å². The number of phenolic OH excluding ortho intramolecular Hbond substituents is 1. The van der Waals surface area contributed by atoms with Crippen LogP contribution in [0.2, 0.25) is 0 Å². The van der Waals surface area contributed by atoms with Gasteiger partial charge in [0.25, 0.3) is 0 Å². The number of nitrogens with one attached hydrogen (secondary N) is 1. The fourth-order valence-electron chi connectivity index (χ4n) is 2.17. The Kier molecular flexibility index (Phi) is 2.91. The van der Waals surface area contributed by atoms with Crippen LogP contribution in [0.4, 0.5) is 4.39 Å². The Hall–Kier alpha value is -1.09. The average molecular weight is 209 g/mol. The van der Waals surface area contributed by atoms with E-state index >= 15 is 0 Å². The van der Waals surface area contributed by atoms with Gasteiger partial charge in [0.15, 0.2) is 11.6 Å². The van der Waals surface area contributed by atoms with Crippen molar-refractivity contribution in [2.75, 3.05) is 6.54 Å². The highest BCUT2D eigenvalue weighted by Crippen LogP contribution is 2.23. The Morgan fingerprint density at radius 1 is 1.53 bits per heavy atom. The lowest BCUT2D eigenvalue weighted by atomic mass is 10.0. The summed E-state index contributed by atoms with van der Waals surface area (Å²) in [4.78, 5) is 0. The monoisotopic (exact) mass is 209 g/mol. The van der Waals surface area contributed by atoms with Crippen LogP contribution >= 0.6 is 0 Å². The van der Waals surface area contributed by atoms with Crippen molar-refractivity contribution in [3.8, 4) is 5.75 Å². The van der Waals surface area contributed by atoms with Gasteiger partial charge in [0, 0.05) is 6.04 Å². The van der Waals surface area contributed by atoms with Crippen molar-refractivity contribution in [2.24, 2.45) is 0 Å². The van der Waals surface area contributed by atoms with E-state index in [4.69, 9.17) is 0 Å². The molecule has 1 fully saturated rings. The molecular formula is C12H16FNO. The molecule has 1 saturated heterocycles. The maximum atomic E-state index is 13.6. The van der Waals surface area contributed by atoms with E-state index in [1.165, 1.54) is 6.07 Å². The zero-order chi connectivity index (χ0) is 10.8. The fourth-order valence-corrected chi connectivity index (χ4v) is 2.17. The second-order valence-electron chi connectivity index (χ2n) is 4.25. The highest BCUT2D eigenvalue weighted by molar-refractivity contribution is 5.35. The molecule has 0 bridgehead atoms. The first-order valence-corrected chi connectivity index (χ1v) is 5.38. The van der Waals surface area contributed by atoms with Gasteiger partial charge in [-0.25, -0.2) is 4.39 Å². The van der Waals surface area contributed by atoms with Crippen LogP contribution in [-0.4, -0.2) is 17.7 Å². The zero-order valence-corrected chi connectivity index (χ0v) is 8.89. The van der Waals surface area contributed by atoms with E-state index < -0.39 is 5.82 Å². The maximum Gasteiger partial charge on any atom is 0.168 e. The van der Waals surface area contributed by atoms with Gasteiger partial charge in [-0.05, 0) is 49.9 Å². The Bertz CT molecular complexity index is 359. The molecule has 1 atom stereocenters. The second-order valence-corrected chi connectivity index (χ2v) is 4.25. The molecule has 1 unspecified atom stereocenters. The lowest BCUT2D eigenvalue weighted by Gasteiger charge is -2.12. The highest BCUT2D eigenvalue weighted by Gasteiger charge is 2.17. The normalized spacial score (nSPS) is 20.8. The van der Waals surface area contributed by atoms with Crippen LogP contribution in [0.5, 0.6) is 5.75 Å². The summed E-state index contributed by atoms with van der Waals surface area (Å²) in [5, 5.41) is 12.7. The summed E-state index contributed by atoms with van der Waals surface area (Å²) >= 11 is 0. The minimum absolute atomic E-state index is 0.233. The predicted octanol–water partition coefficient (Wildman–Crippen LogP) is 2.13. The van der Waals surface area contributed by atoms with E-state index in [0.29, 0.717) is 18.0 Å². The van der Waals surface area contributed by atoms with Gasteiger partial charge in [0.2, 0.25) is 0 Å². The standard InChI is InChI=1S/C12H16FNO/c1-8-5-9(12(13)11(15)6-8)7-10-3-2-4-14-10/h5-6,10,14-15H,2-4,7H2,1H3. The molecule has 82 valence electrons. The summed E-state index contributed by atoms with van der Waals surface area (Å²) in [7, 11) is 0. The first-order valence-electron chi connectivity index (χ1n) is 5.38. The Morgan fingerprint density at radius 3 is 3.00 bits per heavy atom. The van der Waals surface area contributed by atoms with Crippen molar-refractivity contribution < 1.29 is 9.50 Å². The molecule has 1 aliphatic rings. The van der Waals surface area contributed by atoms with E-state index in [9.17, 15) is 9.50 Å². The number of hydrogen-bond acceptors (Lipinski definition) is 2. The van der Waals surface area contributed by atoms with Crippen LogP contribution in [0, 0.1) is 12.7 Å². The van der Waals surface area contributed by atoms with Crippen LogP contribution < -0.4 is 5.32 Å². The SMILES string of the molecule is Cc1cc(O)c(F)c(CC2CCCN2)c1. The lowest BCUT2D eigenvalue weighted by Crippen LogP contribution is -2.24. The Morgan fingerprint density at radius 2 is 2.33 bits per heavy atom. The molecule has 0 aliphatic carbocycles. The summed E-state index contributed by atoms with van der Waals surface area (Å²) < 4.78 is 13.6. The summed E-state index contributed by atoms with van der Waals surface area (Å²) in [6, 6.07) is 3.64. The van der Waals surface area contributed by atoms with Crippen molar-refractivity contribution in [1.29, 1.82) is 0 Å². The lowest BCUT2D eigenvalue weighted by molar-refractivity contribution is 0.425. The average Bonchev–Trinajstić information content (AvgIpc) is 2.66. The number of benzene rings is 1. The number of hydrogen-bond donors (Lipinski definition) is 2. The third-order valence-corrected chi connectivity index (χ3v) is 2.90. The summed E-state index contributed by atoms with van der Waals surface area (Å²) in [6.45, 7) is 2.88. The third-order valence-electron chi connectivity index (χ3n) is 2.90. The predicted molar refractivity (Wildman–Crippen MR) is 57.5 cm³/mol. The van der Waals surface area contributed by atoms with Crippen LogP contribution in [-0.2, 0) is 6.42 Å². The largest absolute Gasteiger partial charge is 0.505 e. The first kappa shape index (κ1) is 10.4. The Balaban J connectivity index is 2.19. The van der Waals surface area contributed by atoms with E-state index in [0.717, 1.165) is 24.9 Å². The number of phenols is 1. The number of aromatic hydroxyl groups is 1. The van der Waals surface area contributed by atoms with Gasteiger partial charge in [0.1, 0.15) is 0 Å². The maximum absolute atomic E-state index is 13.6. The fraction of sp³-hybridized carbons (Fsp3) is 0.500. The summed E-state index contributed by atoms with van der Waals surface area (Å²) in [5.74, 6) is -0.697. The molecule has 2 N–H and O–H groups in total. The smallest absolute Gasteiger partial charge is 0.168 e. The molecule has 15 heavy (non-hydrogen) atoms. The molecular weight excluding hydrogens is 193 g/mol. The third kappa shape index (κ3) is 2.29. The van der Waals surface area contributed by atoms with Gasteiger partial charge in [-0.15, -0.1) is 0 Å². The molecule has 0 aromatic heterocycles. The molecule has 1 aromatic carbocycles. The molecule has 0 radical (unpaired) electrons. The van der Waals surface area contributed by atoms with Gasteiger partial charge < -0.3 is 10.4 Å². The molecule has 0 spiro atoms. The quantitative estimate of drug-likeness (QED) is 0.782. The van der Waals surface area contributed by atoms with Crippen LogP contribution in [0.1, 0.15) is 24.0 Å². The van der Waals surface area contributed by atoms with E-state index in [-0.39, 0.29) is 5.75 Å². The van der Waals surface area contributed by atoms with Crippen molar-refractivity contribution in [3.63, 3.8) is 0 Å². The van der Waals surface area contributed by atoms with Crippen molar-refractivity contribution in [3.05, 3.63) is 29.1 Å². The number of rotatable bonds is 2. The molecule has 2 rings (SSSR count). The van der Waals surface area contributed by atoms with Crippen LogP contribution in [0.15, 0.2) is 12.1 Å². The minimum Gasteiger partial charge on any atom is -0.505 e. The van der Waals surface area contributed by atoms with Crippen molar-refractivity contribution in [2.45, 2.75) is 32.2 Å². The van der Waals surface area contributed by atoms with Crippen molar-refractivity contribution in [1.82, 2.24) is 5.32 Å². The van der Waals surface area contributed by atoms with Crippen LogP contribution in [0.25, 0.3) is 0 Å². The molecule has 1 aliphatic heterocycles. The van der Waals surface area contributed by atoms with Crippen LogP contribution in [0.3, 0.4) is 0 Å². The van der Waals surface area contributed by atoms with E-state index in [1.54, 1.807) is 0 Å². The topological polar surface area (TPSA) is 32.3 Å². The molecule has 2 nitrogen and oxygen atoms in total. The number of halogens is 1. The minimum atomic E-state index is -0.464. The number of aryl methyl sites for hydroxylation is 1. The second kappa shape index (κ2) is 4.19. The molecule has 0 saturated carbocycles. The zero-order valence-electron chi connectivity index (χ0n) is 8.89. The van der Waals surface area contributed by atoms with Crippen molar-refractivity contribution >= 4 is 0 Å². The molecule has 3 heteroatoms. The first-order chi connectivity index (χ1) is 7.16. The van der Waals surface area contributed by atoms with Gasteiger partial charge >= 0.3 is 0 Å². The van der Waals surface area contributed by atoms with Gasteiger partial charge in [-0.3, -0.25) is 0 Å². The van der Waals surface area contributed by atoms with Gasteiger partial charge in [0.05, 0.1) is 0 Å². The molecule has 1 heterocycles. The molecule has 0 amide bonds. The highest BCUT2D eigenvalue weighted by atomic mass is 19.1. The Labute approximate surface area is 89.1 Å². The molecule has 1 aromatic rings. The van der Waals surface area contributed by atoms with E-state index in [1.807, 2.05) is 13.0 Å². The van der Waals surface area contributed by atoms with Gasteiger partial charge in [-0.1, -0.05) is 6.07 Å².